The normalized spacial score (nSPS) is 21.4. The summed E-state index contributed by atoms with van der Waals surface area (Å²) in [6.45, 7) is 5.28. The van der Waals surface area contributed by atoms with Crippen LogP contribution in [0.25, 0.3) is 0 Å². The molecule has 1 aromatic carbocycles. The molecule has 5 heteroatoms. The molecule has 3 rings (SSSR count). The topological polar surface area (TPSA) is 40.6 Å². The fraction of sp³-hybridized carbons (Fsp3) is 0.579. The summed E-state index contributed by atoms with van der Waals surface area (Å²) in [5.74, 6) is 1.27. The largest absolute Gasteiger partial charge is 0.371 e. The molecular formula is C19H26N2O2S. The van der Waals surface area contributed by atoms with Gasteiger partial charge in [0.2, 0.25) is 5.91 Å². The molecule has 1 amide bonds. The minimum Gasteiger partial charge on any atom is -0.371 e. The number of rotatable bonds is 5. The summed E-state index contributed by atoms with van der Waals surface area (Å²) in [6.07, 6.45) is 4.40. The van der Waals surface area contributed by atoms with E-state index >= 15 is 0 Å². The Morgan fingerprint density at radius 3 is 2.71 bits per heavy atom. The fourth-order valence-electron chi connectivity index (χ4n) is 3.65. The number of carbonyl (C=O) groups excluding carboxylic acids is 2. The Labute approximate surface area is 148 Å². The molecule has 1 unspecified atom stereocenters. The number of anilines is 1. The average molecular weight is 346 g/mol. The zero-order chi connectivity index (χ0) is 16.9. The van der Waals surface area contributed by atoms with E-state index in [0.29, 0.717) is 18.9 Å². The van der Waals surface area contributed by atoms with E-state index in [4.69, 9.17) is 0 Å². The van der Waals surface area contributed by atoms with Gasteiger partial charge in [-0.25, -0.2) is 0 Å². The van der Waals surface area contributed by atoms with Crippen LogP contribution in [-0.2, 0) is 16.1 Å². The van der Waals surface area contributed by atoms with Crippen molar-refractivity contribution in [1.82, 2.24) is 4.90 Å². The van der Waals surface area contributed by atoms with E-state index in [-0.39, 0.29) is 11.0 Å². The standard InChI is InChI=1S/C19H26N2O2S/c1-15(22)24-14-16-11-19(23)21(12-16)13-17-7-3-4-8-18(17)20-9-5-2-6-10-20/h3-4,7-8,16H,2,5-6,9-14H2,1H3. The quantitative estimate of drug-likeness (QED) is 0.820. The number of benzene rings is 1. The number of hydrogen-bond acceptors (Lipinski definition) is 4. The molecule has 2 aliphatic rings. The third-order valence-electron chi connectivity index (χ3n) is 4.87. The summed E-state index contributed by atoms with van der Waals surface area (Å²) >= 11 is 1.34. The third kappa shape index (κ3) is 4.32. The number of nitrogens with zero attached hydrogens (tertiary/aromatic N) is 2. The molecule has 0 bridgehead atoms. The molecule has 0 aromatic heterocycles. The number of thioether (sulfide) groups is 1. The molecular weight excluding hydrogens is 320 g/mol. The van der Waals surface area contributed by atoms with Gasteiger partial charge in [-0.1, -0.05) is 30.0 Å². The van der Waals surface area contributed by atoms with Crippen LogP contribution in [0.15, 0.2) is 24.3 Å². The summed E-state index contributed by atoms with van der Waals surface area (Å²) in [4.78, 5) is 27.9. The van der Waals surface area contributed by atoms with Crippen molar-refractivity contribution in [2.45, 2.75) is 39.2 Å². The van der Waals surface area contributed by atoms with Crippen molar-refractivity contribution in [3.63, 3.8) is 0 Å². The predicted molar refractivity (Wildman–Crippen MR) is 99.2 cm³/mol. The van der Waals surface area contributed by atoms with Gasteiger partial charge in [-0.15, -0.1) is 0 Å². The van der Waals surface area contributed by atoms with E-state index in [2.05, 4.69) is 29.2 Å². The number of carbonyl (C=O) groups is 2. The van der Waals surface area contributed by atoms with E-state index in [1.54, 1.807) is 6.92 Å². The first kappa shape index (κ1) is 17.3. The molecule has 2 saturated heterocycles. The van der Waals surface area contributed by atoms with Crippen molar-refractivity contribution in [1.29, 1.82) is 0 Å². The predicted octanol–water partition coefficient (Wildman–Crippen LogP) is 3.31. The van der Waals surface area contributed by atoms with Crippen LogP contribution < -0.4 is 4.90 Å². The summed E-state index contributed by atoms with van der Waals surface area (Å²) in [7, 11) is 0. The highest BCUT2D eigenvalue weighted by Gasteiger charge is 2.30. The number of likely N-dealkylation sites (tertiary alicyclic amines) is 1. The minimum absolute atomic E-state index is 0.136. The van der Waals surface area contributed by atoms with Crippen molar-refractivity contribution in [2.75, 3.05) is 30.3 Å². The molecule has 130 valence electrons. The highest BCUT2D eigenvalue weighted by molar-refractivity contribution is 8.13. The van der Waals surface area contributed by atoms with Crippen molar-refractivity contribution in [3.8, 4) is 0 Å². The van der Waals surface area contributed by atoms with Gasteiger partial charge < -0.3 is 9.80 Å². The number of hydrogen-bond donors (Lipinski definition) is 0. The van der Waals surface area contributed by atoms with Crippen LogP contribution in [0, 0.1) is 5.92 Å². The summed E-state index contributed by atoms with van der Waals surface area (Å²) in [5, 5.41) is 0.136. The first-order chi connectivity index (χ1) is 11.6. The van der Waals surface area contributed by atoms with E-state index in [1.165, 1.54) is 42.3 Å². The second kappa shape index (κ2) is 8.06. The first-order valence-corrected chi connectivity index (χ1v) is 9.86. The molecule has 24 heavy (non-hydrogen) atoms. The van der Waals surface area contributed by atoms with Gasteiger partial charge in [-0.05, 0) is 36.8 Å². The molecule has 2 fully saturated rings. The molecule has 0 radical (unpaired) electrons. The number of para-hydroxylation sites is 1. The van der Waals surface area contributed by atoms with Crippen LogP contribution in [0.5, 0.6) is 0 Å². The van der Waals surface area contributed by atoms with E-state index in [0.717, 1.165) is 25.4 Å². The van der Waals surface area contributed by atoms with Crippen LogP contribution in [0.4, 0.5) is 5.69 Å². The van der Waals surface area contributed by atoms with Crippen molar-refractivity contribution in [3.05, 3.63) is 29.8 Å². The summed E-state index contributed by atoms with van der Waals surface area (Å²) in [5.41, 5.74) is 2.53. The molecule has 2 aliphatic heterocycles. The molecule has 0 N–H and O–H groups in total. The van der Waals surface area contributed by atoms with Gasteiger partial charge in [0, 0.05) is 51.0 Å². The lowest BCUT2D eigenvalue weighted by Crippen LogP contribution is -2.32. The fourth-order valence-corrected chi connectivity index (χ4v) is 4.34. The average Bonchev–Trinajstić information content (AvgIpc) is 2.94. The Hall–Kier alpha value is -1.49. The van der Waals surface area contributed by atoms with Crippen LogP contribution >= 0.6 is 11.8 Å². The van der Waals surface area contributed by atoms with Crippen molar-refractivity contribution >= 4 is 28.5 Å². The molecule has 1 aromatic rings. The maximum absolute atomic E-state index is 12.3. The molecule has 1 atom stereocenters. The maximum atomic E-state index is 12.3. The van der Waals surface area contributed by atoms with Crippen molar-refractivity contribution < 1.29 is 9.59 Å². The monoisotopic (exact) mass is 346 g/mol. The van der Waals surface area contributed by atoms with Crippen LogP contribution in [0.2, 0.25) is 0 Å². The van der Waals surface area contributed by atoms with Gasteiger partial charge in [0.15, 0.2) is 5.12 Å². The van der Waals surface area contributed by atoms with Gasteiger partial charge in [-0.2, -0.15) is 0 Å². The molecule has 4 nitrogen and oxygen atoms in total. The Morgan fingerprint density at radius 1 is 1.21 bits per heavy atom. The Bertz CT molecular complexity index is 599. The number of amides is 1. The lowest BCUT2D eigenvalue weighted by molar-refractivity contribution is -0.128. The van der Waals surface area contributed by atoms with Gasteiger partial charge in [0.05, 0.1) is 0 Å². The molecule has 0 saturated carbocycles. The highest BCUT2D eigenvalue weighted by atomic mass is 32.2. The van der Waals surface area contributed by atoms with Gasteiger partial charge >= 0.3 is 0 Å². The van der Waals surface area contributed by atoms with Gasteiger partial charge in [-0.3, -0.25) is 9.59 Å². The smallest absolute Gasteiger partial charge is 0.223 e. The third-order valence-corrected chi connectivity index (χ3v) is 5.91. The first-order valence-electron chi connectivity index (χ1n) is 8.87. The van der Waals surface area contributed by atoms with E-state index in [9.17, 15) is 9.59 Å². The lowest BCUT2D eigenvalue weighted by Gasteiger charge is -2.31. The summed E-state index contributed by atoms with van der Waals surface area (Å²) < 4.78 is 0. The SMILES string of the molecule is CC(=O)SCC1CC(=O)N(Cc2ccccc2N2CCCCC2)C1. The number of piperidine rings is 1. The van der Waals surface area contributed by atoms with E-state index in [1.807, 2.05) is 4.90 Å². The second-order valence-electron chi connectivity index (χ2n) is 6.82. The second-order valence-corrected chi connectivity index (χ2v) is 8.02. The molecule has 0 aliphatic carbocycles. The van der Waals surface area contributed by atoms with Crippen LogP contribution in [0.3, 0.4) is 0 Å². The van der Waals surface area contributed by atoms with E-state index < -0.39 is 0 Å². The Kier molecular flexibility index (Phi) is 5.82. The minimum atomic E-state index is 0.136. The lowest BCUT2D eigenvalue weighted by atomic mass is 10.1. The zero-order valence-electron chi connectivity index (χ0n) is 14.4. The maximum Gasteiger partial charge on any atom is 0.223 e. The molecule has 0 spiro atoms. The van der Waals surface area contributed by atoms with Gasteiger partial charge in [0.25, 0.3) is 0 Å². The Morgan fingerprint density at radius 2 is 1.96 bits per heavy atom. The van der Waals surface area contributed by atoms with Crippen LogP contribution in [-0.4, -0.2) is 41.3 Å². The van der Waals surface area contributed by atoms with Crippen LogP contribution in [0.1, 0.15) is 38.2 Å². The summed E-state index contributed by atoms with van der Waals surface area (Å²) in [6, 6.07) is 8.48. The molecule has 2 heterocycles. The zero-order valence-corrected chi connectivity index (χ0v) is 15.2. The Balaban J connectivity index is 1.65. The van der Waals surface area contributed by atoms with Crippen molar-refractivity contribution in [2.24, 2.45) is 5.92 Å². The van der Waals surface area contributed by atoms with Gasteiger partial charge in [0.1, 0.15) is 0 Å². The highest BCUT2D eigenvalue weighted by Crippen LogP contribution is 2.28.